The van der Waals surface area contributed by atoms with Crippen LogP contribution in [0.3, 0.4) is 0 Å². The first-order valence-electron chi connectivity index (χ1n) is 11.4. The lowest BCUT2D eigenvalue weighted by atomic mass is 9.77. The van der Waals surface area contributed by atoms with E-state index in [2.05, 4.69) is 37.6 Å². The van der Waals surface area contributed by atoms with Gasteiger partial charge in [0.05, 0.1) is 17.0 Å². The number of nitrogens with zero attached hydrogens (tertiary/aromatic N) is 2. The molecule has 2 aliphatic heterocycles. The molecule has 3 aromatic carbocycles. The van der Waals surface area contributed by atoms with Crippen LogP contribution in [0.15, 0.2) is 89.8 Å². The highest BCUT2D eigenvalue weighted by atomic mass is 127. The Morgan fingerprint density at radius 2 is 1.43 bits per heavy atom. The summed E-state index contributed by atoms with van der Waals surface area (Å²) in [6.45, 7) is 0.156. The van der Waals surface area contributed by atoms with E-state index in [4.69, 9.17) is 11.6 Å². The Bertz CT molecular complexity index is 1290. The van der Waals surface area contributed by atoms with Gasteiger partial charge in [0, 0.05) is 51.2 Å². The third-order valence-corrected chi connectivity index (χ3v) is 11.2. The van der Waals surface area contributed by atoms with Crippen LogP contribution in [0.5, 0.6) is 0 Å². The summed E-state index contributed by atoms with van der Waals surface area (Å²) in [6.07, 6.45) is 0.901. The zero-order chi connectivity index (χ0) is 24.6. The van der Waals surface area contributed by atoms with E-state index >= 15 is 0 Å². The molecule has 0 unspecified atom stereocenters. The standard InChI is InChI=1S/C26H24ClIN2O3S2/c27-20-11-13-21(14-12-20)35(32,33)29-17-22-25(15-23(29)18-7-3-1-4-8-18)30(34-28)24(16-26(22)31)19-9-5-2-6-10-19/h1-14,22-25H,15-17H2/t22-,23+,24+,25+/m1/s1. The van der Waals surface area contributed by atoms with Gasteiger partial charge in [0.1, 0.15) is 5.78 Å². The summed E-state index contributed by atoms with van der Waals surface area (Å²) in [5.41, 5.74) is 2.03. The van der Waals surface area contributed by atoms with Gasteiger partial charge in [-0.1, -0.05) is 72.3 Å². The van der Waals surface area contributed by atoms with Crippen molar-refractivity contribution in [2.75, 3.05) is 6.54 Å². The molecule has 0 bridgehead atoms. The zero-order valence-electron chi connectivity index (χ0n) is 18.7. The van der Waals surface area contributed by atoms with E-state index in [9.17, 15) is 13.2 Å². The van der Waals surface area contributed by atoms with Gasteiger partial charge < -0.3 is 0 Å². The molecule has 2 aliphatic rings. The van der Waals surface area contributed by atoms with Crippen molar-refractivity contribution in [3.63, 3.8) is 0 Å². The molecule has 2 heterocycles. The van der Waals surface area contributed by atoms with Crippen LogP contribution in [0.1, 0.15) is 36.1 Å². The van der Waals surface area contributed by atoms with E-state index in [0.717, 1.165) is 11.1 Å². The summed E-state index contributed by atoms with van der Waals surface area (Å²) in [6, 6.07) is 25.6. The van der Waals surface area contributed by atoms with Crippen LogP contribution in [-0.2, 0) is 14.8 Å². The van der Waals surface area contributed by atoms with Crippen LogP contribution < -0.4 is 0 Å². The molecule has 5 rings (SSSR count). The number of carbonyl (C=O) groups is 1. The first-order valence-corrected chi connectivity index (χ1v) is 16.5. The third-order valence-electron chi connectivity index (χ3n) is 6.96. The SMILES string of the molecule is O=C1C[C@@H](c2ccccc2)N(SI)[C@H]2C[C@@H](c3ccccc3)N(S(=O)(=O)c3ccc(Cl)cc3)C[C@@H]12. The number of hydrogen-bond donors (Lipinski definition) is 0. The summed E-state index contributed by atoms with van der Waals surface area (Å²) in [5, 5.41) is 0.478. The van der Waals surface area contributed by atoms with Gasteiger partial charge in [-0.15, -0.1) is 0 Å². The quantitative estimate of drug-likeness (QED) is 0.237. The van der Waals surface area contributed by atoms with Gasteiger partial charge in [0.25, 0.3) is 0 Å². The number of piperidine rings is 2. The minimum atomic E-state index is -3.84. The molecule has 35 heavy (non-hydrogen) atoms. The Balaban J connectivity index is 1.56. The van der Waals surface area contributed by atoms with Crippen molar-refractivity contribution < 1.29 is 13.2 Å². The van der Waals surface area contributed by atoms with Crippen LogP contribution in [0, 0.1) is 5.92 Å². The van der Waals surface area contributed by atoms with Gasteiger partial charge in [0.15, 0.2) is 0 Å². The van der Waals surface area contributed by atoms with Crippen LogP contribution in [0.4, 0.5) is 0 Å². The largest absolute Gasteiger partial charge is 0.299 e. The molecule has 0 radical (unpaired) electrons. The molecule has 0 aliphatic carbocycles. The number of carbonyl (C=O) groups excluding carboxylic acids is 1. The monoisotopic (exact) mass is 638 g/mol. The molecule has 2 saturated heterocycles. The minimum Gasteiger partial charge on any atom is -0.299 e. The lowest BCUT2D eigenvalue weighted by Crippen LogP contribution is -2.57. The molecule has 5 nitrogen and oxygen atoms in total. The number of hydrogen-bond acceptors (Lipinski definition) is 5. The molecule has 3 aromatic rings. The molecule has 0 saturated carbocycles. The highest BCUT2D eigenvalue weighted by Gasteiger charge is 2.51. The van der Waals surface area contributed by atoms with Gasteiger partial charge in [-0.3, -0.25) is 4.79 Å². The second-order valence-corrected chi connectivity index (χ2v) is 13.0. The summed E-state index contributed by atoms with van der Waals surface area (Å²) in [4.78, 5) is 13.7. The molecule has 0 amide bonds. The Morgan fingerprint density at radius 1 is 0.857 bits per heavy atom. The molecular formula is C26H24ClIN2O3S2. The number of Topliss-reactive ketones (excluding diaryl/α,β-unsaturated/α-hetero) is 1. The maximum Gasteiger partial charge on any atom is 0.243 e. The molecular weight excluding hydrogens is 615 g/mol. The maximum atomic E-state index is 13.9. The second kappa shape index (κ2) is 10.5. The van der Waals surface area contributed by atoms with E-state index in [0.29, 0.717) is 17.9 Å². The predicted octanol–water partition coefficient (Wildman–Crippen LogP) is 6.47. The van der Waals surface area contributed by atoms with E-state index in [1.165, 1.54) is 16.4 Å². The topological polar surface area (TPSA) is 57.7 Å². The highest BCUT2D eigenvalue weighted by molar-refractivity contribution is 14.2. The van der Waals surface area contributed by atoms with E-state index in [1.54, 1.807) is 21.3 Å². The predicted molar refractivity (Wildman–Crippen MR) is 149 cm³/mol. The molecule has 182 valence electrons. The third kappa shape index (κ3) is 4.93. The fourth-order valence-corrected chi connectivity index (χ4v) is 9.34. The fourth-order valence-electron chi connectivity index (χ4n) is 5.24. The van der Waals surface area contributed by atoms with Gasteiger partial charge in [0.2, 0.25) is 10.0 Å². The molecule has 4 atom stereocenters. The van der Waals surface area contributed by atoms with Crippen molar-refractivity contribution >= 4 is 57.7 Å². The molecule has 0 spiro atoms. The van der Waals surface area contributed by atoms with Crippen molar-refractivity contribution in [1.82, 2.24) is 8.61 Å². The number of halogens is 2. The summed E-state index contributed by atoms with van der Waals surface area (Å²) in [7, 11) is -2.24. The smallest absolute Gasteiger partial charge is 0.243 e. The zero-order valence-corrected chi connectivity index (χ0v) is 23.3. The molecule has 9 heteroatoms. The van der Waals surface area contributed by atoms with Crippen molar-refractivity contribution in [1.29, 1.82) is 0 Å². The Kier molecular flexibility index (Phi) is 7.58. The van der Waals surface area contributed by atoms with Crippen LogP contribution >= 0.6 is 41.9 Å². The number of rotatable bonds is 5. The fraction of sp³-hybridized carbons (Fsp3) is 0.269. The number of sulfonamides is 1. The van der Waals surface area contributed by atoms with E-state index < -0.39 is 10.0 Å². The Morgan fingerprint density at radius 3 is 2.00 bits per heavy atom. The maximum absolute atomic E-state index is 13.9. The van der Waals surface area contributed by atoms with Crippen molar-refractivity contribution in [3.05, 3.63) is 101 Å². The summed E-state index contributed by atoms with van der Waals surface area (Å²) < 4.78 is 31.5. The van der Waals surface area contributed by atoms with Crippen LogP contribution in [0.25, 0.3) is 0 Å². The lowest BCUT2D eigenvalue weighted by Gasteiger charge is -2.50. The first kappa shape index (κ1) is 25.2. The van der Waals surface area contributed by atoms with E-state index in [1.807, 2.05) is 48.5 Å². The Hall–Kier alpha value is -1.43. The Labute approximate surface area is 227 Å². The van der Waals surface area contributed by atoms with Crippen molar-refractivity contribution in [2.45, 2.75) is 35.9 Å². The second-order valence-electron chi connectivity index (χ2n) is 8.89. The number of fused-ring (bicyclic) bond motifs is 1. The lowest BCUT2D eigenvalue weighted by molar-refractivity contribution is -0.131. The van der Waals surface area contributed by atoms with Gasteiger partial charge in [-0.2, -0.15) is 4.31 Å². The van der Waals surface area contributed by atoms with Crippen molar-refractivity contribution in [2.24, 2.45) is 5.92 Å². The normalized spacial score (nSPS) is 25.8. The molecule has 0 N–H and O–H groups in total. The molecule has 0 aromatic heterocycles. The highest BCUT2D eigenvalue weighted by Crippen LogP contribution is 2.49. The van der Waals surface area contributed by atoms with Gasteiger partial charge in [-0.25, -0.2) is 12.7 Å². The molecule has 2 fully saturated rings. The van der Waals surface area contributed by atoms with Gasteiger partial charge in [-0.05, 0) is 50.9 Å². The average molecular weight is 639 g/mol. The average Bonchev–Trinajstić information content (AvgIpc) is 2.89. The summed E-state index contributed by atoms with van der Waals surface area (Å²) in [5.74, 6) is -0.271. The minimum absolute atomic E-state index is 0.0392. The van der Waals surface area contributed by atoms with Crippen LogP contribution in [-0.4, -0.2) is 35.4 Å². The first-order chi connectivity index (χ1) is 16.9. The number of ketones is 1. The van der Waals surface area contributed by atoms with Gasteiger partial charge >= 0.3 is 0 Å². The van der Waals surface area contributed by atoms with Crippen molar-refractivity contribution in [3.8, 4) is 0 Å². The van der Waals surface area contributed by atoms with E-state index in [-0.39, 0.29) is 41.3 Å². The van der Waals surface area contributed by atoms with Crippen LogP contribution in [0.2, 0.25) is 5.02 Å². The summed E-state index contributed by atoms with van der Waals surface area (Å²) >= 11 is 8.30. The number of benzene rings is 3.